The maximum Gasteiger partial charge on any atom is 0.263 e. The fourth-order valence-electron chi connectivity index (χ4n) is 2.94. The molecule has 1 aromatic heterocycles. The van der Waals surface area contributed by atoms with Crippen LogP contribution in [0.15, 0.2) is 53.8 Å². The minimum absolute atomic E-state index is 0.241. The molecule has 0 fully saturated rings. The normalized spacial score (nSPS) is 17.0. The van der Waals surface area contributed by atoms with Gasteiger partial charge in [-0.3, -0.25) is 9.78 Å². The van der Waals surface area contributed by atoms with Gasteiger partial charge < -0.3 is 14.9 Å². The number of ether oxygens (including phenoxy) is 1. The zero-order valence-electron chi connectivity index (χ0n) is 16.2. The first-order valence-corrected chi connectivity index (χ1v) is 9.43. The third kappa shape index (κ3) is 5.58. The third-order valence-electron chi connectivity index (χ3n) is 4.29. The Kier molecular flexibility index (Phi) is 6.69. The van der Waals surface area contributed by atoms with Crippen molar-refractivity contribution in [3.8, 4) is 5.75 Å². The molecule has 2 atom stereocenters. The van der Waals surface area contributed by atoms with Gasteiger partial charge in [0, 0.05) is 18.2 Å². The summed E-state index contributed by atoms with van der Waals surface area (Å²) in [5.41, 5.74) is 2.42. The summed E-state index contributed by atoms with van der Waals surface area (Å²) in [6, 6.07) is 13.3. The van der Waals surface area contributed by atoms with Crippen LogP contribution in [0.1, 0.15) is 37.9 Å². The fraction of sp³-hybridized carbons (Fsp3) is 0.381. The highest BCUT2D eigenvalue weighted by atomic mass is 16.6. The Morgan fingerprint density at radius 3 is 2.93 bits per heavy atom. The number of nitrogens with zero attached hydrogens (tertiary/aromatic N) is 2. The Balaban J connectivity index is 1.55. The van der Waals surface area contributed by atoms with Crippen LogP contribution < -0.4 is 10.1 Å². The van der Waals surface area contributed by atoms with Crippen molar-refractivity contribution < 1.29 is 14.4 Å². The molecule has 0 bridgehead atoms. The molecule has 0 saturated heterocycles. The lowest BCUT2D eigenvalue weighted by molar-refractivity contribution is -0.131. The number of aromatic nitrogens is 1. The molecule has 0 spiro atoms. The Labute approximate surface area is 166 Å². The molecule has 28 heavy (non-hydrogen) atoms. The smallest absolute Gasteiger partial charge is 0.263 e. The van der Waals surface area contributed by atoms with E-state index in [-0.39, 0.29) is 11.8 Å². The van der Waals surface area contributed by atoms with Crippen LogP contribution in [0, 0.1) is 5.92 Å². The SMILES string of the molecule is [B][C@H](CC(C)C)NC(=O)C1CC(c2cccc(OCc3ccccn3)c2)=NO1. The van der Waals surface area contributed by atoms with Crippen LogP contribution in [0.2, 0.25) is 0 Å². The minimum atomic E-state index is -0.661. The van der Waals surface area contributed by atoms with E-state index in [0.29, 0.717) is 36.8 Å². The molecule has 0 aliphatic carbocycles. The summed E-state index contributed by atoms with van der Waals surface area (Å²) in [5.74, 6) is 0.482. The van der Waals surface area contributed by atoms with E-state index >= 15 is 0 Å². The fourth-order valence-corrected chi connectivity index (χ4v) is 2.94. The Bertz CT molecular complexity index is 827. The topological polar surface area (TPSA) is 72.8 Å². The van der Waals surface area contributed by atoms with Crippen LogP contribution >= 0.6 is 0 Å². The first-order chi connectivity index (χ1) is 13.5. The monoisotopic (exact) mass is 377 g/mol. The molecule has 3 rings (SSSR count). The Hall–Kier alpha value is -2.83. The highest BCUT2D eigenvalue weighted by molar-refractivity contribution is 6.13. The molecular formula is C21H24BN3O3. The van der Waals surface area contributed by atoms with E-state index in [1.54, 1.807) is 6.20 Å². The van der Waals surface area contributed by atoms with Crippen molar-refractivity contribution in [3.63, 3.8) is 0 Å². The number of carbonyl (C=O) groups excluding carboxylic acids is 1. The number of benzene rings is 1. The number of amides is 1. The third-order valence-corrected chi connectivity index (χ3v) is 4.29. The van der Waals surface area contributed by atoms with Gasteiger partial charge in [-0.15, -0.1) is 0 Å². The highest BCUT2D eigenvalue weighted by Gasteiger charge is 2.29. The van der Waals surface area contributed by atoms with Crippen molar-refractivity contribution in [2.24, 2.45) is 11.1 Å². The highest BCUT2D eigenvalue weighted by Crippen LogP contribution is 2.21. The maximum absolute atomic E-state index is 12.3. The largest absolute Gasteiger partial charge is 0.487 e. The molecule has 0 saturated carbocycles. The molecule has 1 N–H and O–H groups in total. The second-order valence-corrected chi connectivity index (χ2v) is 7.22. The van der Waals surface area contributed by atoms with E-state index in [0.717, 1.165) is 11.3 Å². The predicted octanol–water partition coefficient (Wildman–Crippen LogP) is 2.81. The van der Waals surface area contributed by atoms with Crippen molar-refractivity contribution in [1.82, 2.24) is 10.3 Å². The molecular weight excluding hydrogens is 353 g/mol. The summed E-state index contributed by atoms with van der Waals surface area (Å²) >= 11 is 0. The van der Waals surface area contributed by atoms with Crippen LogP contribution in [-0.4, -0.2) is 36.5 Å². The molecule has 1 unspecified atom stereocenters. The summed E-state index contributed by atoms with van der Waals surface area (Å²) in [6.45, 7) is 4.50. The number of oxime groups is 1. The lowest BCUT2D eigenvalue weighted by Gasteiger charge is -2.18. The summed E-state index contributed by atoms with van der Waals surface area (Å²) in [4.78, 5) is 21.9. The average molecular weight is 377 g/mol. The van der Waals surface area contributed by atoms with Crippen LogP contribution in [0.3, 0.4) is 0 Å². The second-order valence-electron chi connectivity index (χ2n) is 7.22. The predicted molar refractivity (Wildman–Crippen MR) is 108 cm³/mol. The van der Waals surface area contributed by atoms with Gasteiger partial charge in [0.05, 0.1) is 19.3 Å². The standard InChI is InChI=1S/C21H24BN3O3/c1-14(2)10-20(22)24-21(26)19-12-18(25-28-19)15-6-5-8-17(11-15)27-13-16-7-3-4-9-23-16/h3-9,11,14,19-20H,10,12-13H2,1-2H3,(H,24,26)/t19?,20-/m0/s1. The zero-order valence-corrected chi connectivity index (χ0v) is 16.2. The van der Waals surface area contributed by atoms with Gasteiger partial charge in [0.2, 0.25) is 6.10 Å². The second kappa shape index (κ2) is 9.40. The van der Waals surface area contributed by atoms with Gasteiger partial charge in [-0.25, -0.2) is 0 Å². The molecule has 1 amide bonds. The molecule has 144 valence electrons. The van der Waals surface area contributed by atoms with Gasteiger partial charge in [-0.2, -0.15) is 0 Å². The number of hydrogen-bond donors (Lipinski definition) is 1. The van der Waals surface area contributed by atoms with Crippen molar-refractivity contribution >= 4 is 19.5 Å². The first-order valence-electron chi connectivity index (χ1n) is 9.43. The molecule has 1 aromatic carbocycles. The van der Waals surface area contributed by atoms with Crippen LogP contribution in [0.5, 0.6) is 5.75 Å². The number of hydrogen-bond acceptors (Lipinski definition) is 5. The van der Waals surface area contributed by atoms with Gasteiger partial charge in [-0.1, -0.05) is 37.2 Å². The molecule has 1 aliphatic rings. The van der Waals surface area contributed by atoms with E-state index in [1.165, 1.54) is 0 Å². The molecule has 2 heterocycles. The van der Waals surface area contributed by atoms with E-state index in [4.69, 9.17) is 17.4 Å². The van der Waals surface area contributed by atoms with E-state index in [2.05, 4.69) is 29.3 Å². The van der Waals surface area contributed by atoms with Crippen molar-refractivity contribution in [2.75, 3.05) is 0 Å². The summed E-state index contributed by atoms with van der Waals surface area (Å²) in [6.07, 6.45) is 2.18. The summed E-state index contributed by atoms with van der Waals surface area (Å²) < 4.78 is 5.80. The molecule has 2 aromatic rings. The van der Waals surface area contributed by atoms with Gasteiger partial charge in [-0.05, 0) is 42.5 Å². The van der Waals surface area contributed by atoms with Gasteiger partial charge in [0.25, 0.3) is 5.91 Å². The number of rotatable bonds is 8. The first kappa shape index (κ1) is 19.9. The molecule has 1 aliphatic heterocycles. The lowest BCUT2D eigenvalue weighted by atomic mass is 9.88. The van der Waals surface area contributed by atoms with E-state index in [1.807, 2.05) is 42.5 Å². The number of nitrogens with one attached hydrogen (secondary N) is 1. The lowest BCUT2D eigenvalue weighted by Crippen LogP contribution is -2.42. The average Bonchev–Trinajstić information content (AvgIpc) is 3.17. The Morgan fingerprint density at radius 1 is 1.32 bits per heavy atom. The van der Waals surface area contributed by atoms with Crippen LogP contribution in [-0.2, 0) is 16.2 Å². The number of carbonyl (C=O) groups is 1. The minimum Gasteiger partial charge on any atom is -0.487 e. The quantitative estimate of drug-likeness (QED) is 0.718. The number of pyridine rings is 1. The Morgan fingerprint density at radius 2 is 2.18 bits per heavy atom. The zero-order chi connectivity index (χ0) is 19.9. The van der Waals surface area contributed by atoms with Crippen LogP contribution in [0.4, 0.5) is 0 Å². The van der Waals surface area contributed by atoms with E-state index in [9.17, 15) is 4.79 Å². The van der Waals surface area contributed by atoms with Crippen molar-refractivity contribution in [1.29, 1.82) is 0 Å². The van der Waals surface area contributed by atoms with Gasteiger partial charge in [0.15, 0.2) is 0 Å². The molecule has 7 heteroatoms. The van der Waals surface area contributed by atoms with E-state index < -0.39 is 6.10 Å². The van der Waals surface area contributed by atoms with Crippen LogP contribution in [0.25, 0.3) is 0 Å². The summed E-state index contributed by atoms with van der Waals surface area (Å²) in [5, 5.41) is 6.87. The van der Waals surface area contributed by atoms with Crippen molar-refractivity contribution in [3.05, 3.63) is 59.9 Å². The summed E-state index contributed by atoms with van der Waals surface area (Å²) in [7, 11) is 5.94. The van der Waals surface area contributed by atoms with Gasteiger partial charge >= 0.3 is 0 Å². The molecule has 2 radical (unpaired) electrons. The maximum atomic E-state index is 12.3. The molecule has 6 nitrogen and oxygen atoms in total. The van der Waals surface area contributed by atoms with Gasteiger partial charge in [0.1, 0.15) is 12.4 Å². The van der Waals surface area contributed by atoms with Crippen molar-refractivity contribution in [2.45, 2.75) is 45.3 Å².